The van der Waals surface area contributed by atoms with Crippen LogP contribution in [-0.2, 0) is 9.53 Å². The first-order chi connectivity index (χ1) is 7.83. The molecule has 1 aromatic rings. The highest BCUT2D eigenvalue weighted by Gasteiger charge is 2.59. The second-order valence-corrected chi connectivity index (χ2v) is 4.32. The first kappa shape index (κ1) is 9.70. The van der Waals surface area contributed by atoms with Gasteiger partial charge >= 0.3 is 5.97 Å². The van der Waals surface area contributed by atoms with Crippen molar-refractivity contribution in [3.63, 3.8) is 0 Å². The van der Waals surface area contributed by atoms with Crippen molar-refractivity contribution in [2.24, 2.45) is 11.8 Å². The summed E-state index contributed by atoms with van der Waals surface area (Å²) >= 11 is 0. The predicted octanol–water partition coefficient (Wildman–Crippen LogP) is 1.97. The van der Waals surface area contributed by atoms with Crippen LogP contribution in [0.1, 0.15) is 18.4 Å². The molecule has 1 heterocycles. The van der Waals surface area contributed by atoms with Crippen molar-refractivity contribution in [2.45, 2.75) is 12.8 Å². The Morgan fingerprint density at radius 1 is 1.50 bits per heavy atom. The van der Waals surface area contributed by atoms with Crippen molar-refractivity contribution in [2.75, 3.05) is 13.2 Å². The van der Waals surface area contributed by atoms with Gasteiger partial charge in [0.25, 0.3) is 0 Å². The lowest BCUT2D eigenvalue weighted by Crippen LogP contribution is -2.10. The number of fused-ring (bicyclic) bond motifs is 3. The Kier molecular flexibility index (Phi) is 2.13. The van der Waals surface area contributed by atoms with Crippen LogP contribution >= 0.6 is 0 Å². The van der Waals surface area contributed by atoms with Crippen molar-refractivity contribution in [3.8, 4) is 5.75 Å². The minimum atomic E-state index is -0.0715. The molecular weight excluding hydrogens is 204 g/mol. The largest absolute Gasteiger partial charge is 0.493 e. The molecule has 2 aliphatic rings. The molecule has 0 N–H and O–H groups in total. The Morgan fingerprint density at radius 3 is 3.12 bits per heavy atom. The van der Waals surface area contributed by atoms with Gasteiger partial charge in [0.2, 0.25) is 0 Å². The van der Waals surface area contributed by atoms with Crippen LogP contribution in [0.15, 0.2) is 24.3 Å². The molecular formula is C13H14O3. The summed E-state index contributed by atoms with van der Waals surface area (Å²) in [6.45, 7) is 2.94. The Hall–Kier alpha value is -1.51. The topological polar surface area (TPSA) is 35.5 Å². The molecule has 0 radical (unpaired) electrons. The quantitative estimate of drug-likeness (QED) is 0.712. The summed E-state index contributed by atoms with van der Waals surface area (Å²) in [4.78, 5) is 11.7. The van der Waals surface area contributed by atoms with E-state index in [2.05, 4.69) is 0 Å². The van der Waals surface area contributed by atoms with Crippen LogP contribution in [0.3, 0.4) is 0 Å². The fourth-order valence-corrected chi connectivity index (χ4v) is 2.64. The molecule has 1 saturated carbocycles. The highest BCUT2D eigenvalue weighted by molar-refractivity contribution is 5.79. The predicted molar refractivity (Wildman–Crippen MR) is 58.3 cm³/mol. The van der Waals surface area contributed by atoms with Crippen molar-refractivity contribution >= 4 is 5.97 Å². The van der Waals surface area contributed by atoms with Crippen LogP contribution in [0.2, 0.25) is 0 Å². The maximum absolute atomic E-state index is 11.7. The lowest BCUT2D eigenvalue weighted by molar-refractivity contribution is -0.145. The number of carbonyl (C=O) groups excluding carboxylic acids is 1. The Balaban J connectivity index is 1.85. The van der Waals surface area contributed by atoms with Gasteiger partial charge in [-0.05, 0) is 18.6 Å². The molecule has 1 aromatic carbocycles. The molecule has 1 aliphatic heterocycles. The smallest absolute Gasteiger partial charge is 0.309 e. The highest BCUT2D eigenvalue weighted by Crippen LogP contribution is 2.59. The number of benzene rings is 1. The van der Waals surface area contributed by atoms with Gasteiger partial charge in [-0.2, -0.15) is 0 Å². The van der Waals surface area contributed by atoms with Crippen LogP contribution in [0.25, 0.3) is 0 Å². The van der Waals surface area contributed by atoms with E-state index >= 15 is 0 Å². The maximum atomic E-state index is 11.7. The molecule has 84 valence electrons. The van der Waals surface area contributed by atoms with E-state index < -0.39 is 0 Å². The molecule has 3 rings (SSSR count). The van der Waals surface area contributed by atoms with E-state index in [1.807, 2.05) is 31.2 Å². The van der Waals surface area contributed by atoms with Crippen molar-refractivity contribution in [1.82, 2.24) is 0 Å². The van der Waals surface area contributed by atoms with Gasteiger partial charge in [-0.3, -0.25) is 4.79 Å². The van der Waals surface area contributed by atoms with Gasteiger partial charge < -0.3 is 9.47 Å². The summed E-state index contributed by atoms with van der Waals surface area (Å²) in [6, 6.07) is 7.96. The third kappa shape index (κ3) is 1.31. The first-order valence-electron chi connectivity index (χ1n) is 5.71. The molecule has 1 unspecified atom stereocenters. The molecule has 0 aromatic heterocycles. The van der Waals surface area contributed by atoms with Crippen LogP contribution < -0.4 is 4.74 Å². The van der Waals surface area contributed by atoms with E-state index in [4.69, 9.17) is 9.47 Å². The average Bonchev–Trinajstić information content (AvgIpc) is 3.04. The molecule has 1 aliphatic carbocycles. The number of esters is 1. The zero-order valence-corrected chi connectivity index (χ0v) is 9.18. The zero-order chi connectivity index (χ0) is 11.1. The fourth-order valence-electron chi connectivity index (χ4n) is 2.64. The SMILES string of the molecule is CCOC(=O)[C@@H]1C2COc3ccccc3[C@@H]21. The highest BCUT2D eigenvalue weighted by atomic mass is 16.5. The summed E-state index contributed by atoms with van der Waals surface area (Å²) in [7, 11) is 0. The normalized spacial score (nSPS) is 29.7. The fraction of sp³-hybridized carbons (Fsp3) is 0.462. The number of hydrogen-bond donors (Lipinski definition) is 0. The summed E-state index contributed by atoms with van der Waals surface area (Å²) in [5.41, 5.74) is 1.16. The zero-order valence-electron chi connectivity index (χ0n) is 9.18. The van der Waals surface area contributed by atoms with Gasteiger partial charge in [-0.1, -0.05) is 18.2 Å². The number of carbonyl (C=O) groups is 1. The maximum Gasteiger partial charge on any atom is 0.309 e. The van der Waals surface area contributed by atoms with Crippen LogP contribution in [0.4, 0.5) is 0 Å². The molecule has 0 amide bonds. The van der Waals surface area contributed by atoms with Gasteiger partial charge in [0.1, 0.15) is 5.75 Å². The standard InChI is InChI=1S/C13H14O3/c1-2-15-13(14)12-9-7-16-10-6-4-3-5-8(10)11(9)12/h3-6,9,11-12H,2,7H2,1H3/t9?,11-,12+/m0/s1. The third-order valence-electron chi connectivity index (χ3n) is 3.44. The van der Waals surface area contributed by atoms with E-state index in [0.29, 0.717) is 25.0 Å². The molecule has 0 saturated heterocycles. The van der Waals surface area contributed by atoms with Gasteiger partial charge in [0.05, 0.1) is 19.1 Å². The van der Waals surface area contributed by atoms with Crippen LogP contribution in [0, 0.1) is 11.8 Å². The van der Waals surface area contributed by atoms with E-state index in [9.17, 15) is 4.79 Å². The second kappa shape index (κ2) is 3.51. The van der Waals surface area contributed by atoms with Crippen LogP contribution in [0.5, 0.6) is 5.75 Å². The summed E-state index contributed by atoms with van der Waals surface area (Å²) in [6.07, 6.45) is 0. The van der Waals surface area contributed by atoms with E-state index in [0.717, 1.165) is 11.3 Å². The third-order valence-corrected chi connectivity index (χ3v) is 3.44. The summed E-state index contributed by atoms with van der Waals surface area (Å²) in [5.74, 6) is 1.52. The Morgan fingerprint density at radius 2 is 2.31 bits per heavy atom. The van der Waals surface area contributed by atoms with Gasteiger partial charge in [-0.15, -0.1) is 0 Å². The Bertz CT molecular complexity index is 427. The molecule has 3 atom stereocenters. The summed E-state index contributed by atoms with van der Waals surface area (Å²) < 4.78 is 10.7. The lowest BCUT2D eigenvalue weighted by Gasteiger charge is -2.15. The Labute approximate surface area is 94.4 Å². The van der Waals surface area contributed by atoms with Gasteiger partial charge in [0.15, 0.2) is 0 Å². The van der Waals surface area contributed by atoms with E-state index in [1.165, 1.54) is 0 Å². The number of hydrogen-bond acceptors (Lipinski definition) is 3. The lowest BCUT2D eigenvalue weighted by atomic mass is 10.1. The number of rotatable bonds is 2. The molecule has 16 heavy (non-hydrogen) atoms. The van der Waals surface area contributed by atoms with Gasteiger partial charge in [0, 0.05) is 11.8 Å². The van der Waals surface area contributed by atoms with E-state index in [1.54, 1.807) is 0 Å². The van der Waals surface area contributed by atoms with Gasteiger partial charge in [-0.25, -0.2) is 0 Å². The molecule has 3 nitrogen and oxygen atoms in total. The minimum Gasteiger partial charge on any atom is -0.493 e. The minimum absolute atomic E-state index is 0.0172. The van der Waals surface area contributed by atoms with Crippen molar-refractivity contribution in [1.29, 1.82) is 0 Å². The number of ether oxygens (including phenoxy) is 2. The molecule has 3 heteroatoms. The number of para-hydroxylation sites is 1. The van der Waals surface area contributed by atoms with Crippen molar-refractivity contribution < 1.29 is 14.3 Å². The van der Waals surface area contributed by atoms with E-state index in [-0.39, 0.29) is 11.9 Å². The monoisotopic (exact) mass is 218 g/mol. The van der Waals surface area contributed by atoms with Crippen LogP contribution in [-0.4, -0.2) is 19.2 Å². The molecule has 0 spiro atoms. The first-order valence-corrected chi connectivity index (χ1v) is 5.71. The van der Waals surface area contributed by atoms with Crippen molar-refractivity contribution in [3.05, 3.63) is 29.8 Å². The molecule has 0 bridgehead atoms. The second-order valence-electron chi connectivity index (χ2n) is 4.32. The average molecular weight is 218 g/mol. The summed E-state index contributed by atoms with van der Waals surface area (Å²) in [5, 5.41) is 0. The molecule has 1 fully saturated rings.